The topological polar surface area (TPSA) is 42.0 Å². The number of hydrogen-bond acceptors (Lipinski definition) is 3. The van der Waals surface area contributed by atoms with Crippen LogP contribution in [0.25, 0.3) is 11.3 Å². The van der Waals surface area contributed by atoms with E-state index in [-0.39, 0.29) is 11.9 Å². The fourth-order valence-corrected chi connectivity index (χ4v) is 4.05. The van der Waals surface area contributed by atoms with E-state index in [0.29, 0.717) is 6.42 Å². The zero-order valence-corrected chi connectivity index (χ0v) is 15.0. The lowest BCUT2D eigenvalue weighted by atomic mass is 10.1. The molecule has 0 spiro atoms. The Bertz CT molecular complexity index is 898. The largest absolute Gasteiger partial charge is 0.349 e. The van der Waals surface area contributed by atoms with Gasteiger partial charge in [0.1, 0.15) is 0 Å². The van der Waals surface area contributed by atoms with Gasteiger partial charge in [0.05, 0.1) is 23.2 Å². The molecule has 25 heavy (non-hydrogen) atoms. The van der Waals surface area contributed by atoms with Gasteiger partial charge in [0.2, 0.25) is 5.91 Å². The van der Waals surface area contributed by atoms with Crippen LogP contribution in [0.2, 0.25) is 0 Å². The predicted octanol–water partition coefficient (Wildman–Crippen LogP) is 4.46. The molecule has 4 rings (SSSR count). The summed E-state index contributed by atoms with van der Waals surface area (Å²) < 4.78 is 0. The molecule has 1 aromatic heterocycles. The van der Waals surface area contributed by atoms with Crippen molar-refractivity contribution in [3.8, 4) is 11.3 Å². The van der Waals surface area contributed by atoms with Crippen LogP contribution in [0.4, 0.5) is 0 Å². The molecule has 3 aromatic rings. The van der Waals surface area contributed by atoms with Crippen molar-refractivity contribution in [2.75, 3.05) is 0 Å². The minimum atomic E-state index is 0.0824. The van der Waals surface area contributed by atoms with Crippen LogP contribution in [-0.2, 0) is 17.6 Å². The van der Waals surface area contributed by atoms with E-state index in [4.69, 9.17) is 0 Å². The average Bonchev–Trinajstić information content (AvgIpc) is 3.22. The molecule has 0 saturated heterocycles. The van der Waals surface area contributed by atoms with E-state index in [1.807, 2.05) is 37.3 Å². The first-order valence-corrected chi connectivity index (χ1v) is 9.45. The smallest absolute Gasteiger partial charge is 0.224 e. The highest BCUT2D eigenvalue weighted by atomic mass is 32.1. The Balaban J connectivity index is 1.40. The highest BCUT2D eigenvalue weighted by Crippen LogP contribution is 2.30. The highest BCUT2D eigenvalue weighted by Gasteiger charge is 2.23. The molecule has 0 saturated carbocycles. The molecule has 0 fully saturated rings. The minimum Gasteiger partial charge on any atom is -0.349 e. The maximum absolute atomic E-state index is 12.4. The van der Waals surface area contributed by atoms with Crippen molar-refractivity contribution in [3.63, 3.8) is 0 Å². The maximum atomic E-state index is 12.4. The molecule has 2 aromatic carbocycles. The van der Waals surface area contributed by atoms with Gasteiger partial charge in [0.15, 0.2) is 0 Å². The summed E-state index contributed by atoms with van der Waals surface area (Å²) in [5, 5.41) is 6.31. The molecule has 1 heterocycles. The Morgan fingerprint density at radius 3 is 2.76 bits per heavy atom. The summed E-state index contributed by atoms with van der Waals surface area (Å²) in [5.41, 5.74) is 5.75. The van der Waals surface area contributed by atoms with Crippen LogP contribution in [0.1, 0.15) is 34.2 Å². The van der Waals surface area contributed by atoms with Gasteiger partial charge in [0, 0.05) is 10.9 Å². The molecule has 0 aliphatic heterocycles. The van der Waals surface area contributed by atoms with Crippen LogP contribution in [0.5, 0.6) is 0 Å². The van der Waals surface area contributed by atoms with Crippen molar-refractivity contribution in [1.82, 2.24) is 10.3 Å². The molecule has 1 unspecified atom stereocenters. The van der Waals surface area contributed by atoms with E-state index in [1.54, 1.807) is 11.3 Å². The molecule has 3 nitrogen and oxygen atoms in total. The van der Waals surface area contributed by atoms with E-state index in [0.717, 1.165) is 34.7 Å². The number of hydrogen-bond donors (Lipinski definition) is 1. The van der Waals surface area contributed by atoms with Crippen molar-refractivity contribution in [2.24, 2.45) is 0 Å². The number of carbonyl (C=O) groups excluding carboxylic acids is 1. The van der Waals surface area contributed by atoms with E-state index in [9.17, 15) is 4.79 Å². The molecule has 1 aliphatic rings. The lowest BCUT2D eigenvalue weighted by Gasteiger charge is -2.14. The van der Waals surface area contributed by atoms with Gasteiger partial charge in [-0.2, -0.15) is 0 Å². The number of rotatable bonds is 4. The molecule has 4 heteroatoms. The number of aromatic nitrogens is 1. The maximum Gasteiger partial charge on any atom is 0.224 e. The van der Waals surface area contributed by atoms with Gasteiger partial charge in [0.25, 0.3) is 0 Å². The third-order valence-electron chi connectivity index (χ3n) is 4.70. The third kappa shape index (κ3) is 3.49. The Morgan fingerprint density at radius 2 is 2.00 bits per heavy atom. The lowest BCUT2D eigenvalue weighted by Crippen LogP contribution is -2.28. The highest BCUT2D eigenvalue weighted by molar-refractivity contribution is 7.09. The van der Waals surface area contributed by atoms with Crippen LogP contribution < -0.4 is 5.32 Å². The van der Waals surface area contributed by atoms with Crippen molar-refractivity contribution in [1.29, 1.82) is 0 Å². The van der Waals surface area contributed by atoms with Crippen molar-refractivity contribution >= 4 is 17.2 Å². The first kappa shape index (κ1) is 16.0. The van der Waals surface area contributed by atoms with E-state index in [1.165, 1.54) is 11.1 Å². The number of nitrogens with one attached hydrogen (secondary N) is 1. The lowest BCUT2D eigenvalue weighted by molar-refractivity contribution is -0.121. The summed E-state index contributed by atoms with van der Waals surface area (Å²) in [5.74, 6) is 0.0824. The van der Waals surface area contributed by atoms with Crippen LogP contribution in [0.15, 0.2) is 53.9 Å². The minimum absolute atomic E-state index is 0.0824. The summed E-state index contributed by atoms with van der Waals surface area (Å²) in [6.07, 6.45) is 2.45. The average molecular weight is 348 g/mol. The predicted molar refractivity (Wildman–Crippen MR) is 102 cm³/mol. The molecular formula is C21H20N2OS. The number of carbonyl (C=O) groups is 1. The van der Waals surface area contributed by atoms with Gasteiger partial charge < -0.3 is 5.32 Å². The molecule has 1 aliphatic carbocycles. The van der Waals surface area contributed by atoms with Gasteiger partial charge in [-0.1, -0.05) is 48.5 Å². The van der Waals surface area contributed by atoms with Gasteiger partial charge in [-0.05, 0) is 36.5 Å². The number of aryl methyl sites for hydroxylation is 2. The molecule has 126 valence electrons. The fraction of sp³-hybridized carbons (Fsp3) is 0.238. The molecule has 1 N–H and O–H groups in total. The Kier molecular flexibility index (Phi) is 4.36. The zero-order chi connectivity index (χ0) is 17.2. The van der Waals surface area contributed by atoms with E-state index < -0.39 is 0 Å². The second kappa shape index (κ2) is 6.81. The molecule has 0 bridgehead atoms. The van der Waals surface area contributed by atoms with Crippen molar-refractivity contribution in [2.45, 2.75) is 32.2 Å². The second-order valence-electron chi connectivity index (χ2n) is 6.48. The SMILES string of the molecule is Cc1nc(-c2ccc(CC(=O)NC3CCc4ccccc43)cc2)cs1. The van der Waals surface area contributed by atoms with Crippen LogP contribution in [-0.4, -0.2) is 10.9 Å². The number of benzene rings is 2. The zero-order valence-electron chi connectivity index (χ0n) is 14.2. The second-order valence-corrected chi connectivity index (χ2v) is 7.55. The van der Waals surface area contributed by atoms with Crippen molar-refractivity contribution in [3.05, 3.63) is 75.6 Å². The quantitative estimate of drug-likeness (QED) is 0.756. The third-order valence-corrected chi connectivity index (χ3v) is 5.47. The van der Waals surface area contributed by atoms with Gasteiger partial charge in [-0.25, -0.2) is 4.98 Å². The normalized spacial score (nSPS) is 15.8. The van der Waals surface area contributed by atoms with Crippen LogP contribution in [0, 0.1) is 6.92 Å². The summed E-state index contributed by atoms with van der Waals surface area (Å²) in [4.78, 5) is 16.9. The first-order chi connectivity index (χ1) is 12.2. The summed E-state index contributed by atoms with van der Waals surface area (Å²) in [6, 6.07) is 16.7. The summed E-state index contributed by atoms with van der Waals surface area (Å²) >= 11 is 1.65. The number of nitrogens with zero attached hydrogens (tertiary/aromatic N) is 1. The number of thiazole rings is 1. The number of fused-ring (bicyclic) bond motifs is 1. The van der Waals surface area contributed by atoms with Gasteiger partial charge in [-0.3, -0.25) is 4.79 Å². The molecule has 1 atom stereocenters. The molecule has 0 radical (unpaired) electrons. The van der Waals surface area contributed by atoms with Crippen LogP contribution in [0.3, 0.4) is 0 Å². The monoisotopic (exact) mass is 348 g/mol. The Labute approximate surface area is 151 Å². The summed E-state index contributed by atoms with van der Waals surface area (Å²) in [6.45, 7) is 2.01. The van der Waals surface area contributed by atoms with Gasteiger partial charge in [-0.15, -0.1) is 11.3 Å². The summed E-state index contributed by atoms with van der Waals surface area (Å²) in [7, 11) is 0. The molecule has 1 amide bonds. The van der Waals surface area contributed by atoms with Crippen LogP contribution >= 0.6 is 11.3 Å². The standard InChI is InChI=1S/C21H20N2OS/c1-14-22-20(13-25-14)17-8-6-15(7-9-17)12-21(24)23-19-11-10-16-4-2-3-5-18(16)19/h2-9,13,19H,10-12H2,1H3,(H,23,24). The van der Waals surface area contributed by atoms with E-state index >= 15 is 0 Å². The Morgan fingerprint density at radius 1 is 1.20 bits per heavy atom. The van der Waals surface area contributed by atoms with E-state index in [2.05, 4.69) is 33.9 Å². The van der Waals surface area contributed by atoms with Crippen molar-refractivity contribution < 1.29 is 4.79 Å². The van der Waals surface area contributed by atoms with Gasteiger partial charge >= 0.3 is 0 Å². The first-order valence-electron chi connectivity index (χ1n) is 8.57. The number of amides is 1. The fourth-order valence-electron chi connectivity index (χ4n) is 3.43. The molecular weight excluding hydrogens is 328 g/mol. The Hall–Kier alpha value is -2.46.